The third-order valence-electron chi connectivity index (χ3n) is 2.52. The fraction of sp³-hybridized carbons (Fsp3) is 0.286. The molecule has 18 heavy (non-hydrogen) atoms. The summed E-state index contributed by atoms with van der Waals surface area (Å²) in [6.45, 7) is 2.60. The van der Waals surface area contributed by atoms with Gasteiger partial charge >= 0.3 is 5.97 Å². The lowest BCUT2D eigenvalue weighted by Gasteiger charge is -2.03. The van der Waals surface area contributed by atoms with Gasteiger partial charge in [-0.3, -0.25) is 4.79 Å². The van der Waals surface area contributed by atoms with E-state index in [0.717, 1.165) is 30.6 Å². The van der Waals surface area contributed by atoms with Gasteiger partial charge in [0.05, 0.1) is 0 Å². The number of amides is 1. The van der Waals surface area contributed by atoms with E-state index in [2.05, 4.69) is 24.4 Å². The average Bonchev–Trinajstić information content (AvgIpc) is 2.37. The van der Waals surface area contributed by atoms with Crippen molar-refractivity contribution in [2.75, 3.05) is 6.54 Å². The minimum Gasteiger partial charge on any atom is -0.478 e. The largest absolute Gasteiger partial charge is 0.478 e. The van der Waals surface area contributed by atoms with Gasteiger partial charge in [-0.15, -0.1) is 0 Å². The van der Waals surface area contributed by atoms with Crippen LogP contribution in [0.5, 0.6) is 0 Å². The Morgan fingerprint density at radius 3 is 2.33 bits per heavy atom. The smallest absolute Gasteiger partial charge is 0.328 e. The molecule has 96 valence electrons. The number of hydrogen-bond acceptors (Lipinski definition) is 2. The topological polar surface area (TPSA) is 66.4 Å². The lowest BCUT2D eigenvalue weighted by molar-refractivity contribution is -0.131. The Labute approximate surface area is 106 Å². The molecule has 0 unspecified atom stereocenters. The molecule has 2 N–H and O–H groups in total. The Balaban J connectivity index is 2.32. The molecule has 0 saturated carbocycles. The molecule has 0 aliphatic carbocycles. The summed E-state index contributed by atoms with van der Waals surface area (Å²) in [4.78, 5) is 21.4. The predicted molar refractivity (Wildman–Crippen MR) is 69.3 cm³/mol. The van der Waals surface area contributed by atoms with Gasteiger partial charge in [-0.2, -0.15) is 0 Å². The van der Waals surface area contributed by atoms with Crippen LogP contribution in [-0.4, -0.2) is 23.5 Å². The Morgan fingerprint density at radius 1 is 1.17 bits per heavy atom. The number of hydrogen-bond donors (Lipinski definition) is 2. The zero-order chi connectivity index (χ0) is 13.4. The van der Waals surface area contributed by atoms with Crippen LogP contribution in [0, 0.1) is 0 Å². The molecular weight excluding hydrogens is 230 g/mol. The van der Waals surface area contributed by atoms with Crippen LogP contribution in [0.3, 0.4) is 0 Å². The van der Waals surface area contributed by atoms with Crippen molar-refractivity contribution in [1.82, 2.24) is 5.32 Å². The second-order valence-corrected chi connectivity index (χ2v) is 3.88. The van der Waals surface area contributed by atoms with Crippen molar-refractivity contribution in [2.45, 2.75) is 19.8 Å². The molecule has 0 spiro atoms. The van der Waals surface area contributed by atoms with Crippen molar-refractivity contribution < 1.29 is 14.7 Å². The summed E-state index contributed by atoms with van der Waals surface area (Å²) in [5.74, 6) is -1.51. The quantitative estimate of drug-likeness (QED) is 0.749. The van der Waals surface area contributed by atoms with Gasteiger partial charge in [-0.1, -0.05) is 31.2 Å². The molecule has 0 bridgehead atoms. The molecule has 0 aromatic heterocycles. The maximum Gasteiger partial charge on any atom is 0.328 e. The molecule has 0 aliphatic rings. The number of benzene rings is 1. The van der Waals surface area contributed by atoms with E-state index in [9.17, 15) is 9.59 Å². The first-order chi connectivity index (χ1) is 8.61. The molecule has 1 rings (SSSR count). The lowest BCUT2D eigenvalue weighted by atomic mass is 10.1. The van der Waals surface area contributed by atoms with Crippen LogP contribution in [0.1, 0.15) is 18.1 Å². The molecule has 0 heterocycles. The predicted octanol–water partition coefficient (Wildman–Crippen LogP) is 1.55. The minimum absolute atomic E-state index is 0.387. The molecule has 1 amide bonds. The van der Waals surface area contributed by atoms with E-state index in [1.165, 1.54) is 5.56 Å². The lowest BCUT2D eigenvalue weighted by Crippen LogP contribution is -2.23. The third-order valence-corrected chi connectivity index (χ3v) is 2.52. The minimum atomic E-state index is -1.12. The monoisotopic (exact) mass is 247 g/mol. The van der Waals surface area contributed by atoms with Gasteiger partial charge in [0, 0.05) is 18.7 Å². The highest BCUT2D eigenvalue weighted by Gasteiger charge is 1.97. The number of aryl methyl sites for hydroxylation is 1. The number of carboxylic acid groups (broad SMARTS) is 1. The van der Waals surface area contributed by atoms with Crippen molar-refractivity contribution in [1.29, 1.82) is 0 Å². The van der Waals surface area contributed by atoms with Gasteiger partial charge in [0.2, 0.25) is 5.91 Å². The highest BCUT2D eigenvalue weighted by Crippen LogP contribution is 2.05. The van der Waals surface area contributed by atoms with Crippen LogP contribution in [0.25, 0.3) is 0 Å². The second-order valence-electron chi connectivity index (χ2n) is 3.88. The molecule has 1 aromatic carbocycles. The maximum atomic E-state index is 11.2. The van der Waals surface area contributed by atoms with Crippen molar-refractivity contribution >= 4 is 11.9 Å². The van der Waals surface area contributed by atoms with E-state index in [1.54, 1.807) is 0 Å². The summed E-state index contributed by atoms with van der Waals surface area (Å²) in [6.07, 6.45) is 3.58. The number of carbonyl (C=O) groups is 2. The van der Waals surface area contributed by atoms with Crippen LogP contribution < -0.4 is 5.32 Å². The Morgan fingerprint density at radius 2 is 1.78 bits per heavy atom. The second kappa shape index (κ2) is 7.27. The van der Waals surface area contributed by atoms with E-state index in [1.807, 2.05) is 12.1 Å². The average molecular weight is 247 g/mol. The van der Waals surface area contributed by atoms with Crippen LogP contribution >= 0.6 is 0 Å². The first kappa shape index (κ1) is 14.0. The van der Waals surface area contributed by atoms with Gasteiger partial charge in [-0.25, -0.2) is 4.79 Å². The number of aliphatic carboxylic acids is 1. The maximum absolute atomic E-state index is 11.2. The summed E-state index contributed by atoms with van der Waals surface area (Å²) in [5, 5.41) is 11.0. The Bertz CT molecular complexity index is 435. The summed E-state index contributed by atoms with van der Waals surface area (Å²) in [6, 6.07) is 8.22. The van der Waals surface area contributed by atoms with Crippen molar-refractivity contribution in [2.24, 2.45) is 0 Å². The highest BCUT2D eigenvalue weighted by molar-refractivity contribution is 5.93. The third kappa shape index (κ3) is 5.30. The van der Waals surface area contributed by atoms with Crippen LogP contribution in [0.4, 0.5) is 0 Å². The molecule has 0 radical (unpaired) electrons. The van der Waals surface area contributed by atoms with Crippen LogP contribution in [0.15, 0.2) is 36.4 Å². The molecule has 0 atom stereocenters. The SMILES string of the molecule is CCc1ccc(CCNC(=O)/C=C/C(=O)O)cc1. The fourth-order valence-electron chi connectivity index (χ4n) is 1.48. The zero-order valence-corrected chi connectivity index (χ0v) is 10.3. The zero-order valence-electron chi connectivity index (χ0n) is 10.3. The van der Waals surface area contributed by atoms with E-state index < -0.39 is 5.97 Å². The molecular formula is C14H17NO3. The molecule has 0 fully saturated rings. The van der Waals surface area contributed by atoms with Gasteiger partial charge in [0.25, 0.3) is 0 Å². The summed E-state index contributed by atoms with van der Waals surface area (Å²) < 4.78 is 0. The number of carbonyl (C=O) groups excluding carboxylic acids is 1. The highest BCUT2D eigenvalue weighted by atomic mass is 16.4. The van der Waals surface area contributed by atoms with Crippen molar-refractivity contribution in [3.05, 3.63) is 47.5 Å². The molecule has 4 nitrogen and oxygen atoms in total. The molecule has 0 aliphatic heterocycles. The standard InChI is InChI=1S/C14H17NO3/c1-2-11-3-5-12(6-4-11)9-10-15-13(16)7-8-14(17)18/h3-8H,2,9-10H2,1H3,(H,15,16)(H,17,18)/b8-7+. The van der Waals surface area contributed by atoms with Crippen molar-refractivity contribution in [3.63, 3.8) is 0 Å². The van der Waals surface area contributed by atoms with Crippen LogP contribution in [-0.2, 0) is 22.4 Å². The summed E-state index contributed by atoms with van der Waals surface area (Å²) >= 11 is 0. The number of carboxylic acids is 1. The molecule has 1 aromatic rings. The van der Waals surface area contributed by atoms with Crippen LogP contribution in [0.2, 0.25) is 0 Å². The van der Waals surface area contributed by atoms with Gasteiger partial charge < -0.3 is 10.4 Å². The molecule has 0 saturated heterocycles. The Kier molecular flexibility index (Phi) is 5.64. The fourth-order valence-corrected chi connectivity index (χ4v) is 1.48. The van der Waals surface area contributed by atoms with E-state index in [-0.39, 0.29) is 5.91 Å². The first-order valence-electron chi connectivity index (χ1n) is 5.88. The summed E-state index contributed by atoms with van der Waals surface area (Å²) in [7, 11) is 0. The van der Waals surface area contributed by atoms with Crippen molar-refractivity contribution in [3.8, 4) is 0 Å². The number of nitrogens with one attached hydrogen (secondary N) is 1. The normalized spacial score (nSPS) is 10.5. The van der Waals surface area contributed by atoms with E-state index in [4.69, 9.17) is 5.11 Å². The molecule has 4 heteroatoms. The van der Waals surface area contributed by atoms with E-state index >= 15 is 0 Å². The van der Waals surface area contributed by atoms with Gasteiger partial charge in [-0.05, 0) is 24.0 Å². The first-order valence-corrected chi connectivity index (χ1v) is 5.88. The van der Waals surface area contributed by atoms with Gasteiger partial charge in [0.1, 0.15) is 0 Å². The van der Waals surface area contributed by atoms with E-state index in [0.29, 0.717) is 6.54 Å². The number of rotatable bonds is 6. The van der Waals surface area contributed by atoms with Gasteiger partial charge in [0.15, 0.2) is 0 Å². The summed E-state index contributed by atoms with van der Waals surface area (Å²) in [5.41, 5.74) is 2.43. The Hall–Kier alpha value is -2.10.